The fourth-order valence-corrected chi connectivity index (χ4v) is 4.33. The molecule has 28 heavy (non-hydrogen) atoms. The third kappa shape index (κ3) is 4.89. The van der Waals surface area contributed by atoms with Crippen molar-refractivity contribution in [2.45, 2.75) is 11.3 Å². The molecule has 0 fully saturated rings. The Labute approximate surface area is 176 Å². The van der Waals surface area contributed by atoms with Crippen molar-refractivity contribution in [2.75, 3.05) is 12.4 Å². The Morgan fingerprint density at radius 2 is 1.86 bits per heavy atom. The summed E-state index contributed by atoms with van der Waals surface area (Å²) in [4.78, 5) is 17.6. The van der Waals surface area contributed by atoms with Gasteiger partial charge in [-0.05, 0) is 55.1 Å². The summed E-state index contributed by atoms with van der Waals surface area (Å²) in [6.07, 6.45) is 2.21. The molecule has 1 amide bonds. The highest BCUT2D eigenvalue weighted by molar-refractivity contribution is 7.89. The van der Waals surface area contributed by atoms with Gasteiger partial charge in [-0.1, -0.05) is 23.2 Å². The second-order valence-electron chi connectivity index (χ2n) is 5.73. The highest BCUT2D eigenvalue weighted by atomic mass is 35.5. The minimum absolute atomic E-state index is 0.0847. The van der Waals surface area contributed by atoms with Crippen LogP contribution < -0.4 is 10.0 Å². The summed E-state index contributed by atoms with van der Waals surface area (Å²) in [5.74, 6) is -0.380. The van der Waals surface area contributed by atoms with E-state index >= 15 is 0 Å². The van der Waals surface area contributed by atoms with E-state index in [0.29, 0.717) is 27.2 Å². The summed E-state index contributed by atoms with van der Waals surface area (Å²) in [5, 5.41) is 4.35. The fraction of sp³-hybridized carbons (Fsp3) is 0.111. The Kier molecular flexibility index (Phi) is 6.36. The molecule has 0 bridgehead atoms. The van der Waals surface area contributed by atoms with E-state index in [1.54, 1.807) is 24.4 Å². The first-order valence-electron chi connectivity index (χ1n) is 8.02. The molecule has 0 aliphatic heterocycles. The average Bonchev–Trinajstić information content (AvgIpc) is 3.11. The number of benzene rings is 2. The normalized spacial score (nSPS) is 11.4. The largest absolute Gasteiger partial charge is 0.298 e. The Hall–Kier alpha value is -1.97. The lowest BCUT2D eigenvalue weighted by Gasteiger charge is -2.05. The summed E-state index contributed by atoms with van der Waals surface area (Å²) >= 11 is 13.5. The lowest BCUT2D eigenvalue weighted by atomic mass is 10.1. The maximum atomic E-state index is 12.4. The van der Waals surface area contributed by atoms with Gasteiger partial charge in [-0.15, -0.1) is 11.3 Å². The van der Waals surface area contributed by atoms with Crippen LogP contribution in [0.25, 0.3) is 0 Å². The van der Waals surface area contributed by atoms with E-state index in [1.165, 1.54) is 42.6 Å². The molecule has 10 heteroatoms. The quantitative estimate of drug-likeness (QED) is 0.582. The van der Waals surface area contributed by atoms with Crippen LogP contribution in [-0.4, -0.2) is 26.4 Å². The Morgan fingerprint density at radius 3 is 2.54 bits per heavy atom. The van der Waals surface area contributed by atoms with Gasteiger partial charge in [-0.3, -0.25) is 10.1 Å². The first-order chi connectivity index (χ1) is 13.3. The highest BCUT2D eigenvalue weighted by Gasteiger charge is 2.14. The Bertz CT molecular complexity index is 1110. The fourth-order valence-electron chi connectivity index (χ4n) is 2.39. The number of anilines is 1. The third-order valence-electron chi connectivity index (χ3n) is 3.84. The standard InChI is InChI=1S/C18H15Cl2N3O3S2/c1-21-28(25,26)15-5-2-11(3-6-15)17(24)23-18-22-10-14(27-18)9-12-8-13(19)4-7-16(12)20/h2-8,10,21H,9H2,1H3,(H,22,23,24). The van der Waals surface area contributed by atoms with Gasteiger partial charge in [0.1, 0.15) is 0 Å². The zero-order valence-corrected chi connectivity index (χ0v) is 17.7. The molecule has 146 valence electrons. The lowest BCUT2D eigenvalue weighted by molar-refractivity contribution is 0.102. The minimum atomic E-state index is -3.54. The third-order valence-corrected chi connectivity index (χ3v) is 6.79. The SMILES string of the molecule is CNS(=O)(=O)c1ccc(C(=O)Nc2ncc(Cc3cc(Cl)ccc3Cl)s2)cc1. The number of sulfonamides is 1. The number of hydrogen-bond donors (Lipinski definition) is 2. The van der Waals surface area contributed by atoms with Crippen molar-refractivity contribution in [3.05, 3.63) is 74.7 Å². The van der Waals surface area contributed by atoms with Crippen molar-refractivity contribution in [3.63, 3.8) is 0 Å². The maximum absolute atomic E-state index is 12.4. The van der Waals surface area contributed by atoms with Crippen molar-refractivity contribution in [3.8, 4) is 0 Å². The van der Waals surface area contributed by atoms with E-state index < -0.39 is 10.0 Å². The summed E-state index contributed by atoms with van der Waals surface area (Å²) in [6, 6.07) is 10.9. The van der Waals surface area contributed by atoms with Crippen molar-refractivity contribution in [2.24, 2.45) is 0 Å². The van der Waals surface area contributed by atoms with E-state index in [-0.39, 0.29) is 10.8 Å². The molecular weight excluding hydrogens is 441 g/mol. The van der Waals surface area contributed by atoms with E-state index in [0.717, 1.165) is 10.4 Å². The monoisotopic (exact) mass is 455 g/mol. The van der Waals surface area contributed by atoms with Gasteiger partial charge in [-0.25, -0.2) is 18.1 Å². The molecule has 0 radical (unpaired) electrons. The molecule has 3 aromatic rings. The van der Waals surface area contributed by atoms with Crippen LogP contribution >= 0.6 is 34.5 Å². The molecule has 1 heterocycles. The van der Waals surface area contributed by atoms with Crippen molar-refractivity contribution < 1.29 is 13.2 Å². The molecule has 0 saturated carbocycles. The van der Waals surface area contributed by atoms with Gasteiger partial charge in [-0.2, -0.15) is 0 Å². The van der Waals surface area contributed by atoms with E-state index in [9.17, 15) is 13.2 Å². The molecular formula is C18H15Cl2N3O3S2. The zero-order chi connectivity index (χ0) is 20.3. The molecule has 0 aliphatic rings. The van der Waals surface area contributed by atoms with Gasteiger partial charge >= 0.3 is 0 Å². The molecule has 0 spiro atoms. The van der Waals surface area contributed by atoms with Crippen LogP contribution in [0.5, 0.6) is 0 Å². The van der Waals surface area contributed by atoms with Crippen LogP contribution in [-0.2, 0) is 16.4 Å². The minimum Gasteiger partial charge on any atom is -0.298 e. The number of nitrogens with one attached hydrogen (secondary N) is 2. The van der Waals surface area contributed by atoms with Gasteiger partial charge in [0.25, 0.3) is 5.91 Å². The van der Waals surface area contributed by atoms with Crippen LogP contribution in [0.3, 0.4) is 0 Å². The molecule has 0 unspecified atom stereocenters. The Balaban J connectivity index is 1.69. The zero-order valence-electron chi connectivity index (χ0n) is 14.6. The topological polar surface area (TPSA) is 88.2 Å². The average molecular weight is 456 g/mol. The van der Waals surface area contributed by atoms with Crippen molar-refractivity contribution in [1.29, 1.82) is 0 Å². The smallest absolute Gasteiger partial charge is 0.257 e. The van der Waals surface area contributed by atoms with Crippen molar-refractivity contribution in [1.82, 2.24) is 9.71 Å². The second-order valence-corrected chi connectivity index (χ2v) is 9.58. The molecule has 6 nitrogen and oxygen atoms in total. The van der Waals surface area contributed by atoms with Gasteiger partial charge in [0.15, 0.2) is 5.13 Å². The maximum Gasteiger partial charge on any atom is 0.257 e. The summed E-state index contributed by atoms with van der Waals surface area (Å²) in [6.45, 7) is 0. The second kappa shape index (κ2) is 8.59. The number of aromatic nitrogens is 1. The number of nitrogens with zero attached hydrogens (tertiary/aromatic N) is 1. The summed E-state index contributed by atoms with van der Waals surface area (Å²) in [5.41, 5.74) is 1.20. The van der Waals surface area contributed by atoms with Gasteiger partial charge in [0.05, 0.1) is 4.90 Å². The summed E-state index contributed by atoms with van der Waals surface area (Å²) in [7, 11) is -2.22. The van der Waals surface area contributed by atoms with Gasteiger partial charge < -0.3 is 0 Å². The highest BCUT2D eigenvalue weighted by Crippen LogP contribution is 2.27. The number of rotatable bonds is 6. The summed E-state index contributed by atoms with van der Waals surface area (Å²) < 4.78 is 25.7. The van der Waals surface area contributed by atoms with E-state index in [2.05, 4.69) is 15.0 Å². The number of thiazole rings is 1. The lowest BCUT2D eigenvalue weighted by Crippen LogP contribution is -2.19. The van der Waals surface area contributed by atoms with Gasteiger partial charge in [0.2, 0.25) is 10.0 Å². The predicted octanol–water partition coefficient (Wildman–Crippen LogP) is 4.20. The van der Waals surface area contributed by atoms with Crippen LogP contribution in [0, 0.1) is 0 Å². The van der Waals surface area contributed by atoms with Gasteiger partial charge in [0, 0.05) is 33.1 Å². The van der Waals surface area contributed by atoms with Crippen molar-refractivity contribution >= 4 is 55.6 Å². The first-order valence-corrected chi connectivity index (χ1v) is 11.1. The molecule has 3 rings (SSSR count). The number of hydrogen-bond acceptors (Lipinski definition) is 5. The molecule has 0 aliphatic carbocycles. The molecule has 2 aromatic carbocycles. The molecule has 1 aromatic heterocycles. The van der Waals surface area contributed by atoms with E-state index in [1.807, 2.05) is 0 Å². The number of carbonyl (C=O) groups is 1. The number of amides is 1. The van der Waals surface area contributed by atoms with E-state index in [4.69, 9.17) is 23.2 Å². The number of carbonyl (C=O) groups excluding carboxylic acids is 1. The molecule has 0 atom stereocenters. The van der Waals surface area contributed by atoms with Crippen LogP contribution in [0.15, 0.2) is 53.6 Å². The van der Waals surface area contributed by atoms with Crippen LogP contribution in [0.1, 0.15) is 20.8 Å². The predicted molar refractivity (Wildman–Crippen MR) is 112 cm³/mol. The molecule has 0 saturated heterocycles. The Morgan fingerprint density at radius 1 is 1.14 bits per heavy atom. The first kappa shape index (κ1) is 20.8. The van der Waals surface area contributed by atoms with Crippen LogP contribution in [0.4, 0.5) is 5.13 Å². The number of halogens is 2. The molecule has 2 N–H and O–H groups in total. The van der Waals surface area contributed by atoms with Crippen LogP contribution in [0.2, 0.25) is 10.0 Å².